The van der Waals surface area contributed by atoms with Crippen LogP contribution in [0, 0.1) is 0 Å². The van der Waals surface area contributed by atoms with Crippen molar-refractivity contribution in [3.63, 3.8) is 0 Å². The summed E-state index contributed by atoms with van der Waals surface area (Å²) >= 11 is 0. The monoisotopic (exact) mass is 775 g/mol. The number of ether oxygens (including phenoxy) is 2. The lowest BCUT2D eigenvalue weighted by Gasteiger charge is -2.20. The zero-order valence-electron chi connectivity index (χ0n) is 34.2. The van der Waals surface area contributed by atoms with E-state index in [1.807, 2.05) is 0 Å². The van der Waals surface area contributed by atoms with Gasteiger partial charge in [-0.15, -0.1) is 0 Å². The lowest BCUT2D eigenvalue weighted by atomic mass is 10.0. The third-order valence-electron chi connectivity index (χ3n) is 9.39. The standard InChI is InChI=1S/C43H83O9P/c1-3-5-7-9-11-13-15-17-19-21-23-25-27-29-31-33-35-43(46)52-42(40-51-53(47,48)50-38-41(45)37-44)39-49-36-34-32-30-28-26-24-22-20-18-16-14-12-10-8-6-4-2/h13,15,19,21,41-42,44-45H,3-12,14,16-18,20,22-40H2,1-2H3,(H,47,48)/b15-13-,21-19-. The van der Waals surface area contributed by atoms with E-state index in [1.54, 1.807) is 0 Å². The lowest BCUT2D eigenvalue weighted by molar-refractivity contribution is -0.154. The molecule has 3 N–H and O–H groups in total. The Morgan fingerprint density at radius 2 is 1.02 bits per heavy atom. The second-order valence-corrected chi connectivity index (χ2v) is 16.2. The third kappa shape index (κ3) is 40.4. The molecule has 314 valence electrons. The molecule has 3 unspecified atom stereocenters. The highest BCUT2D eigenvalue weighted by atomic mass is 31.2. The van der Waals surface area contributed by atoms with Gasteiger partial charge in [-0.3, -0.25) is 13.8 Å². The Labute approximate surface area is 325 Å². The Kier molecular flexibility index (Phi) is 39.8. The molecular formula is C43H83O9P. The Bertz CT molecular complexity index is 882. The SMILES string of the molecule is CCCCCC/C=C\C/C=C\CCCCCCCC(=O)OC(COCCCCCCCCCCCCCCCCCC)COP(=O)(O)OCC(O)CO. The Morgan fingerprint density at radius 1 is 0.585 bits per heavy atom. The molecule has 0 amide bonds. The van der Waals surface area contributed by atoms with Crippen LogP contribution in [0.25, 0.3) is 0 Å². The van der Waals surface area contributed by atoms with Gasteiger partial charge in [-0.25, -0.2) is 4.57 Å². The van der Waals surface area contributed by atoms with E-state index in [2.05, 4.69) is 38.2 Å². The molecular weight excluding hydrogens is 691 g/mol. The number of aliphatic hydroxyl groups is 2. The first kappa shape index (κ1) is 51.9. The van der Waals surface area contributed by atoms with Gasteiger partial charge in [0.2, 0.25) is 0 Å². The molecule has 0 aromatic carbocycles. The molecule has 9 nitrogen and oxygen atoms in total. The molecule has 0 aliphatic heterocycles. The molecule has 0 heterocycles. The number of rotatable bonds is 42. The summed E-state index contributed by atoms with van der Waals surface area (Å²) in [7, 11) is -4.52. The van der Waals surface area contributed by atoms with E-state index in [0.29, 0.717) is 13.0 Å². The number of phosphoric ester groups is 1. The van der Waals surface area contributed by atoms with E-state index in [9.17, 15) is 19.4 Å². The first-order valence-corrected chi connectivity index (χ1v) is 23.3. The number of unbranched alkanes of at least 4 members (excludes halogenated alkanes) is 24. The van der Waals surface area contributed by atoms with E-state index in [4.69, 9.17) is 23.6 Å². The summed E-state index contributed by atoms with van der Waals surface area (Å²) in [6, 6.07) is 0. The smallest absolute Gasteiger partial charge is 0.457 e. The molecule has 0 aliphatic rings. The topological polar surface area (TPSA) is 132 Å². The number of esters is 1. The second kappa shape index (κ2) is 40.6. The molecule has 0 saturated heterocycles. The van der Waals surface area contributed by atoms with Gasteiger partial charge >= 0.3 is 13.8 Å². The number of phosphoric acid groups is 1. The molecule has 53 heavy (non-hydrogen) atoms. The summed E-state index contributed by atoms with van der Waals surface area (Å²) in [6.45, 7) is 3.51. The first-order chi connectivity index (χ1) is 25.8. The van der Waals surface area contributed by atoms with Crippen LogP contribution >= 0.6 is 7.82 Å². The van der Waals surface area contributed by atoms with Gasteiger partial charge in [0.25, 0.3) is 0 Å². The van der Waals surface area contributed by atoms with Crippen molar-refractivity contribution < 1.29 is 43.0 Å². The van der Waals surface area contributed by atoms with E-state index in [1.165, 1.54) is 122 Å². The van der Waals surface area contributed by atoms with Crippen molar-refractivity contribution in [2.45, 2.75) is 212 Å². The van der Waals surface area contributed by atoms with Gasteiger partial charge < -0.3 is 24.6 Å². The van der Waals surface area contributed by atoms with E-state index < -0.39 is 39.2 Å². The Hall–Kier alpha value is -1.06. The van der Waals surface area contributed by atoms with Crippen molar-refractivity contribution in [3.8, 4) is 0 Å². The zero-order chi connectivity index (χ0) is 38.9. The highest BCUT2D eigenvalue weighted by Crippen LogP contribution is 2.43. The first-order valence-electron chi connectivity index (χ1n) is 21.8. The van der Waals surface area contributed by atoms with Crippen molar-refractivity contribution in [1.82, 2.24) is 0 Å². The van der Waals surface area contributed by atoms with Gasteiger partial charge in [-0.2, -0.15) is 0 Å². The number of carbonyl (C=O) groups is 1. The van der Waals surface area contributed by atoms with Crippen LogP contribution in [0.15, 0.2) is 24.3 Å². The highest BCUT2D eigenvalue weighted by molar-refractivity contribution is 7.47. The van der Waals surface area contributed by atoms with Gasteiger partial charge in [0.1, 0.15) is 12.2 Å². The van der Waals surface area contributed by atoms with Gasteiger partial charge in [0.15, 0.2) is 0 Å². The number of allylic oxidation sites excluding steroid dienone is 4. The number of hydrogen-bond acceptors (Lipinski definition) is 8. The van der Waals surface area contributed by atoms with Crippen molar-refractivity contribution in [3.05, 3.63) is 24.3 Å². The van der Waals surface area contributed by atoms with Crippen LogP contribution < -0.4 is 0 Å². The maximum atomic E-state index is 12.6. The van der Waals surface area contributed by atoms with Crippen LogP contribution in [0.1, 0.15) is 200 Å². The van der Waals surface area contributed by atoms with Crippen molar-refractivity contribution >= 4 is 13.8 Å². The van der Waals surface area contributed by atoms with Gasteiger partial charge in [-0.05, 0) is 44.9 Å². The highest BCUT2D eigenvalue weighted by Gasteiger charge is 2.26. The predicted molar refractivity (Wildman–Crippen MR) is 219 cm³/mol. The quantitative estimate of drug-likeness (QED) is 0.0240. The minimum Gasteiger partial charge on any atom is -0.457 e. The predicted octanol–water partition coefficient (Wildman–Crippen LogP) is 11.9. The summed E-state index contributed by atoms with van der Waals surface area (Å²) in [6.07, 6.45) is 41.3. The average molecular weight is 775 g/mol. The number of carbonyl (C=O) groups excluding carboxylic acids is 1. The zero-order valence-corrected chi connectivity index (χ0v) is 35.1. The van der Waals surface area contributed by atoms with E-state index >= 15 is 0 Å². The van der Waals surface area contributed by atoms with Crippen LogP contribution in [0.4, 0.5) is 0 Å². The van der Waals surface area contributed by atoms with Crippen molar-refractivity contribution in [2.75, 3.05) is 33.0 Å². The summed E-state index contributed by atoms with van der Waals surface area (Å²) in [4.78, 5) is 22.6. The maximum absolute atomic E-state index is 12.6. The maximum Gasteiger partial charge on any atom is 0.472 e. The summed E-state index contributed by atoms with van der Waals surface area (Å²) in [5, 5.41) is 18.3. The molecule has 10 heteroatoms. The summed E-state index contributed by atoms with van der Waals surface area (Å²) in [5.74, 6) is -0.393. The lowest BCUT2D eigenvalue weighted by Crippen LogP contribution is -2.29. The van der Waals surface area contributed by atoms with Gasteiger partial charge in [-0.1, -0.05) is 173 Å². The van der Waals surface area contributed by atoms with Crippen LogP contribution in [0.3, 0.4) is 0 Å². The van der Waals surface area contributed by atoms with Crippen LogP contribution in [0.2, 0.25) is 0 Å². The van der Waals surface area contributed by atoms with Gasteiger partial charge in [0.05, 0.1) is 26.4 Å². The molecule has 0 bridgehead atoms. The molecule has 0 radical (unpaired) electrons. The fourth-order valence-electron chi connectivity index (χ4n) is 6.03. The summed E-state index contributed by atoms with van der Waals surface area (Å²) < 4.78 is 33.4. The molecule has 0 rings (SSSR count). The molecule has 0 saturated carbocycles. The Balaban J connectivity index is 4.17. The van der Waals surface area contributed by atoms with E-state index in [0.717, 1.165) is 51.4 Å². The van der Waals surface area contributed by atoms with Crippen LogP contribution in [-0.2, 0) is 27.9 Å². The average Bonchev–Trinajstić information content (AvgIpc) is 3.15. The number of hydrogen-bond donors (Lipinski definition) is 3. The third-order valence-corrected chi connectivity index (χ3v) is 10.3. The molecule has 0 fully saturated rings. The fourth-order valence-corrected chi connectivity index (χ4v) is 6.82. The van der Waals surface area contributed by atoms with Crippen LogP contribution in [0.5, 0.6) is 0 Å². The summed E-state index contributed by atoms with van der Waals surface area (Å²) in [5.41, 5.74) is 0. The van der Waals surface area contributed by atoms with Crippen molar-refractivity contribution in [1.29, 1.82) is 0 Å². The fraction of sp³-hybridized carbons (Fsp3) is 0.884. The minimum absolute atomic E-state index is 0.0476. The Morgan fingerprint density at radius 3 is 1.53 bits per heavy atom. The molecule has 0 aromatic rings. The van der Waals surface area contributed by atoms with Crippen LogP contribution in [-0.4, -0.2) is 66.3 Å². The normalized spacial score (nSPS) is 14.3. The van der Waals surface area contributed by atoms with Gasteiger partial charge in [0, 0.05) is 13.0 Å². The molecule has 0 aliphatic carbocycles. The second-order valence-electron chi connectivity index (χ2n) is 14.7. The van der Waals surface area contributed by atoms with E-state index in [-0.39, 0.29) is 19.6 Å². The number of aliphatic hydroxyl groups excluding tert-OH is 2. The largest absolute Gasteiger partial charge is 0.472 e. The molecule has 0 aromatic heterocycles. The minimum atomic E-state index is -4.52. The van der Waals surface area contributed by atoms with Crippen molar-refractivity contribution in [2.24, 2.45) is 0 Å². The molecule has 0 spiro atoms. The molecule has 3 atom stereocenters.